The van der Waals surface area contributed by atoms with Crippen molar-refractivity contribution in [2.45, 2.75) is 46.5 Å². The van der Waals surface area contributed by atoms with Crippen LogP contribution < -0.4 is 10.1 Å². The van der Waals surface area contributed by atoms with Crippen LogP contribution in [0.4, 0.5) is 5.95 Å². The van der Waals surface area contributed by atoms with Crippen molar-refractivity contribution in [3.05, 3.63) is 11.8 Å². The molecule has 0 atom stereocenters. The van der Waals surface area contributed by atoms with Gasteiger partial charge in [-0.1, -0.05) is 19.8 Å². The van der Waals surface area contributed by atoms with E-state index in [1.54, 1.807) is 0 Å². The summed E-state index contributed by atoms with van der Waals surface area (Å²) in [7, 11) is 0. The number of hydrogen-bond donors (Lipinski definition) is 1. The molecule has 1 saturated carbocycles. The molecule has 0 bridgehead atoms. The summed E-state index contributed by atoms with van der Waals surface area (Å²) in [6.45, 7) is 7.89. The van der Waals surface area contributed by atoms with E-state index in [1.165, 1.54) is 25.7 Å². The molecule has 1 aromatic heterocycles. The second kappa shape index (κ2) is 6.73. The zero-order valence-electron chi connectivity index (χ0n) is 12.3. The molecule has 2 rings (SSSR count). The van der Waals surface area contributed by atoms with Crippen LogP contribution in [0.2, 0.25) is 0 Å². The Labute approximate surface area is 116 Å². The number of hydrogen-bond acceptors (Lipinski definition) is 4. The summed E-state index contributed by atoms with van der Waals surface area (Å²) < 4.78 is 5.44. The van der Waals surface area contributed by atoms with Gasteiger partial charge in [0.25, 0.3) is 0 Å². The van der Waals surface area contributed by atoms with Gasteiger partial charge in [0.15, 0.2) is 0 Å². The minimum absolute atomic E-state index is 0.635. The molecule has 106 valence electrons. The summed E-state index contributed by atoms with van der Waals surface area (Å²) in [6.07, 6.45) is 5.34. The minimum Gasteiger partial charge on any atom is -0.478 e. The number of anilines is 1. The maximum absolute atomic E-state index is 5.44. The molecule has 0 unspecified atom stereocenters. The highest BCUT2D eigenvalue weighted by molar-refractivity contribution is 5.30. The van der Waals surface area contributed by atoms with Gasteiger partial charge in [-0.15, -0.1) is 0 Å². The molecule has 1 heterocycles. The van der Waals surface area contributed by atoms with Crippen molar-refractivity contribution in [3.63, 3.8) is 0 Å². The van der Waals surface area contributed by atoms with E-state index in [0.29, 0.717) is 18.4 Å². The smallest absolute Gasteiger partial charge is 0.226 e. The SMILES string of the molecule is CCOc1cc(C)nc(NCC2CCC(C)CC2)n1. The Kier molecular flexibility index (Phi) is 5.00. The summed E-state index contributed by atoms with van der Waals surface area (Å²) in [5.41, 5.74) is 0.943. The maximum Gasteiger partial charge on any atom is 0.226 e. The van der Waals surface area contributed by atoms with Gasteiger partial charge in [0, 0.05) is 18.3 Å². The van der Waals surface area contributed by atoms with Crippen LogP contribution in [0.5, 0.6) is 5.88 Å². The van der Waals surface area contributed by atoms with Gasteiger partial charge < -0.3 is 10.1 Å². The average molecular weight is 263 g/mol. The Balaban J connectivity index is 1.88. The molecule has 0 amide bonds. The molecule has 4 heteroatoms. The van der Waals surface area contributed by atoms with Crippen LogP contribution in [0, 0.1) is 18.8 Å². The maximum atomic E-state index is 5.44. The first kappa shape index (κ1) is 14.1. The van der Waals surface area contributed by atoms with E-state index in [-0.39, 0.29) is 0 Å². The van der Waals surface area contributed by atoms with E-state index in [2.05, 4.69) is 22.2 Å². The lowest BCUT2D eigenvalue weighted by Crippen LogP contribution is -2.21. The molecular weight excluding hydrogens is 238 g/mol. The van der Waals surface area contributed by atoms with Gasteiger partial charge in [0.05, 0.1) is 6.61 Å². The quantitative estimate of drug-likeness (QED) is 0.884. The van der Waals surface area contributed by atoms with Crippen LogP contribution >= 0.6 is 0 Å². The van der Waals surface area contributed by atoms with E-state index in [1.807, 2.05) is 19.9 Å². The van der Waals surface area contributed by atoms with Crippen LogP contribution in [-0.2, 0) is 0 Å². The van der Waals surface area contributed by atoms with Crippen molar-refractivity contribution >= 4 is 5.95 Å². The van der Waals surface area contributed by atoms with E-state index in [9.17, 15) is 0 Å². The molecule has 1 aliphatic rings. The highest BCUT2D eigenvalue weighted by atomic mass is 16.5. The number of nitrogens with one attached hydrogen (secondary N) is 1. The van der Waals surface area contributed by atoms with Crippen molar-refractivity contribution in [3.8, 4) is 5.88 Å². The normalized spacial score (nSPS) is 23.1. The number of aryl methyl sites for hydroxylation is 1. The summed E-state index contributed by atoms with van der Waals surface area (Å²) >= 11 is 0. The van der Waals surface area contributed by atoms with Crippen LogP contribution in [-0.4, -0.2) is 23.1 Å². The molecule has 1 fully saturated rings. The first-order chi connectivity index (χ1) is 9.17. The molecule has 0 radical (unpaired) electrons. The third kappa shape index (κ3) is 4.37. The molecular formula is C15H25N3O. The molecule has 0 spiro atoms. The molecule has 0 aromatic carbocycles. The molecule has 0 aliphatic heterocycles. The third-order valence-corrected chi connectivity index (χ3v) is 3.81. The van der Waals surface area contributed by atoms with Gasteiger partial charge in [-0.3, -0.25) is 0 Å². The summed E-state index contributed by atoms with van der Waals surface area (Å²) in [6, 6.07) is 1.87. The summed E-state index contributed by atoms with van der Waals surface area (Å²) in [4.78, 5) is 8.79. The Morgan fingerprint density at radius 1 is 1.26 bits per heavy atom. The highest BCUT2D eigenvalue weighted by Gasteiger charge is 2.18. The van der Waals surface area contributed by atoms with E-state index in [0.717, 1.165) is 24.1 Å². The average Bonchev–Trinajstić information content (AvgIpc) is 2.38. The lowest BCUT2D eigenvalue weighted by atomic mass is 9.83. The second-order valence-corrected chi connectivity index (χ2v) is 5.61. The predicted octanol–water partition coefficient (Wildman–Crippen LogP) is 3.42. The first-order valence-electron chi connectivity index (χ1n) is 7.39. The predicted molar refractivity (Wildman–Crippen MR) is 77.5 cm³/mol. The zero-order chi connectivity index (χ0) is 13.7. The molecule has 1 aromatic rings. The van der Waals surface area contributed by atoms with Crippen LogP contribution in [0.1, 0.15) is 45.2 Å². The fraction of sp³-hybridized carbons (Fsp3) is 0.733. The number of aromatic nitrogens is 2. The lowest BCUT2D eigenvalue weighted by Gasteiger charge is -2.26. The first-order valence-corrected chi connectivity index (χ1v) is 7.39. The monoisotopic (exact) mass is 263 g/mol. The highest BCUT2D eigenvalue weighted by Crippen LogP contribution is 2.28. The van der Waals surface area contributed by atoms with Gasteiger partial charge in [0.2, 0.25) is 11.8 Å². The van der Waals surface area contributed by atoms with Crippen molar-refractivity contribution in [1.82, 2.24) is 9.97 Å². The summed E-state index contributed by atoms with van der Waals surface area (Å²) in [5.74, 6) is 3.02. The topological polar surface area (TPSA) is 47.0 Å². The molecule has 19 heavy (non-hydrogen) atoms. The van der Waals surface area contributed by atoms with Gasteiger partial charge in [-0.05, 0) is 38.5 Å². The molecule has 4 nitrogen and oxygen atoms in total. The van der Waals surface area contributed by atoms with Crippen molar-refractivity contribution in [1.29, 1.82) is 0 Å². The fourth-order valence-electron chi connectivity index (χ4n) is 2.61. The molecule has 1 aliphatic carbocycles. The van der Waals surface area contributed by atoms with Crippen LogP contribution in [0.25, 0.3) is 0 Å². The third-order valence-electron chi connectivity index (χ3n) is 3.81. The molecule has 0 saturated heterocycles. The molecule has 1 N–H and O–H groups in total. The van der Waals surface area contributed by atoms with Crippen LogP contribution in [0.3, 0.4) is 0 Å². The van der Waals surface area contributed by atoms with E-state index in [4.69, 9.17) is 4.74 Å². The van der Waals surface area contributed by atoms with Crippen LogP contribution in [0.15, 0.2) is 6.07 Å². The minimum atomic E-state index is 0.635. The number of rotatable bonds is 5. The largest absolute Gasteiger partial charge is 0.478 e. The van der Waals surface area contributed by atoms with Crippen molar-refractivity contribution < 1.29 is 4.74 Å². The summed E-state index contributed by atoms with van der Waals surface area (Å²) in [5, 5.41) is 3.37. The van der Waals surface area contributed by atoms with Crippen molar-refractivity contribution in [2.75, 3.05) is 18.5 Å². The number of ether oxygens (including phenoxy) is 1. The van der Waals surface area contributed by atoms with Gasteiger partial charge >= 0.3 is 0 Å². The van der Waals surface area contributed by atoms with Gasteiger partial charge in [0.1, 0.15) is 0 Å². The standard InChI is InChI=1S/C15H25N3O/c1-4-19-14-9-12(3)17-15(18-14)16-10-13-7-5-11(2)6-8-13/h9,11,13H,4-8,10H2,1-3H3,(H,16,17,18). The Morgan fingerprint density at radius 3 is 2.68 bits per heavy atom. The van der Waals surface area contributed by atoms with Gasteiger partial charge in [-0.25, -0.2) is 4.98 Å². The zero-order valence-corrected chi connectivity index (χ0v) is 12.3. The number of nitrogens with zero attached hydrogens (tertiary/aromatic N) is 2. The Hall–Kier alpha value is -1.32. The second-order valence-electron chi connectivity index (χ2n) is 5.61. The fourth-order valence-corrected chi connectivity index (χ4v) is 2.61. The van der Waals surface area contributed by atoms with Crippen molar-refractivity contribution in [2.24, 2.45) is 11.8 Å². The van der Waals surface area contributed by atoms with Gasteiger partial charge in [-0.2, -0.15) is 4.98 Å². The Bertz CT molecular complexity index is 400. The Morgan fingerprint density at radius 2 is 2.00 bits per heavy atom. The van der Waals surface area contributed by atoms with E-state index >= 15 is 0 Å². The lowest BCUT2D eigenvalue weighted by molar-refractivity contribution is 0.300. The van der Waals surface area contributed by atoms with E-state index < -0.39 is 0 Å².